The average Bonchev–Trinajstić information content (AvgIpc) is 3.26. The molecule has 0 atom stereocenters. The predicted octanol–water partition coefficient (Wildman–Crippen LogP) is 4.49. The molecule has 2 aromatic carbocycles. The number of hydrogen-bond acceptors (Lipinski definition) is 3. The third-order valence-electron chi connectivity index (χ3n) is 4.05. The Bertz CT molecular complexity index is 1030. The number of benzene rings is 2. The monoisotopic (exact) mass is 328 g/mol. The van der Waals surface area contributed by atoms with Gasteiger partial charge in [-0.25, -0.2) is 4.99 Å². The maximum absolute atomic E-state index is 9.95. The van der Waals surface area contributed by atoms with Gasteiger partial charge in [0.05, 0.1) is 11.4 Å². The van der Waals surface area contributed by atoms with E-state index in [9.17, 15) is 10.2 Å². The number of nitrogens with one attached hydrogen (secondary N) is 1. The summed E-state index contributed by atoms with van der Waals surface area (Å²) in [4.78, 5) is 7.83. The Kier molecular flexibility index (Phi) is 3.71. The number of H-pyrrole nitrogens is 1. The largest absolute Gasteiger partial charge is 0.507 e. The Morgan fingerprint density at radius 2 is 1.44 bits per heavy atom. The van der Waals surface area contributed by atoms with Gasteiger partial charge < -0.3 is 15.2 Å². The predicted molar refractivity (Wildman–Crippen MR) is 99.7 cm³/mol. The van der Waals surface area contributed by atoms with Gasteiger partial charge in [-0.15, -0.1) is 0 Å². The molecule has 0 amide bonds. The van der Waals surface area contributed by atoms with E-state index in [1.54, 1.807) is 24.3 Å². The van der Waals surface area contributed by atoms with Gasteiger partial charge in [-0.1, -0.05) is 24.3 Å². The molecule has 0 saturated carbocycles. The van der Waals surface area contributed by atoms with Crippen molar-refractivity contribution in [1.29, 1.82) is 0 Å². The molecule has 1 aromatic heterocycles. The third kappa shape index (κ3) is 2.97. The van der Waals surface area contributed by atoms with Gasteiger partial charge in [0.15, 0.2) is 0 Å². The molecule has 1 aliphatic rings. The van der Waals surface area contributed by atoms with Crippen LogP contribution in [0.5, 0.6) is 11.5 Å². The first kappa shape index (κ1) is 15.0. The molecule has 3 aromatic rings. The number of aliphatic imine (C=N–C) groups is 1. The van der Waals surface area contributed by atoms with Crippen LogP contribution in [0.2, 0.25) is 0 Å². The lowest BCUT2D eigenvalue weighted by molar-refractivity contribution is 0.474. The molecule has 0 radical (unpaired) electrons. The molecule has 0 bridgehead atoms. The maximum atomic E-state index is 9.95. The summed E-state index contributed by atoms with van der Waals surface area (Å²) >= 11 is 0. The highest BCUT2D eigenvalue weighted by Crippen LogP contribution is 2.29. The molecule has 4 rings (SSSR count). The minimum Gasteiger partial charge on any atom is -0.507 e. The minimum atomic E-state index is 0.217. The van der Waals surface area contributed by atoms with Crippen LogP contribution in [-0.4, -0.2) is 20.9 Å². The zero-order chi connectivity index (χ0) is 17.2. The molecule has 3 N–H and O–H groups in total. The van der Waals surface area contributed by atoms with Crippen molar-refractivity contribution in [3.8, 4) is 22.8 Å². The third-order valence-corrected chi connectivity index (χ3v) is 4.05. The molecular weight excluding hydrogens is 312 g/mol. The van der Waals surface area contributed by atoms with E-state index in [0.717, 1.165) is 28.4 Å². The Labute approximate surface area is 145 Å². The van der Waals surface area contributed by atoms with Crippen molar-refractivity contribution in [3.05, 3.63) is 89.8 Å². The SMILES string of the molecule is Oc1ccccc1C1=N/C(=C\c2ccc(-c3ccccc3O)[nH]2)C=C1. The molecule has 0 unspecified atom stereocenters. The van der Waals surface area contributed by atoms with Gasteiger partial charge >= 0.3 is 0 Å². The number of aromatic hydroxyl groups is 2. The van der Waals surface area contributed by atoms with Gasteiger partial charge in [-0.2, -0.15) is 0 Å². The van der Waals surface area contributed by atoms with Crippen LogP contribution in [0.1, 0.15) is 11.3 Å². The molecule has 0 saturated heterocycles. The number of para-hydroxylation sites is 2. The van der Waals surface area contributed by atoms with E-state index in [0.29, 0.717) is 5.56 Å². The molecule has 1 aliphatic heterocycles. The molecule has 0 fully saturated rings. The first-order valence-corrected chi connectivity index (χ1v) is 7.95. The van der Waals surface area contributed by atoms with Crippen LogP contribution >= 0.6 is 0 Å². The molecule has 4 nitrogen and oxygen atoms in total. The Morgan fingerprint density at radius 1 is 0.760 bits per heavy atom. The average molecular weight is 328 g/mol. The lowest BCUT2D eigenvalue weighted by Crippen LogP contribution is -1.93. The molecule has 0 spiro atoms. The summed E-state index contributed by atoms with van der Waals surface area (Å²) in [5.41, 5.74) is 4.73. The van der Waals surface area contributed by atoms with Crippen molar-refractivity contribution in [2.24, 2.45) is 4.99 Å². The summed E-state index contributed by atoms with van der Waals surface area (Å²) in [6, 6.07) is 18.2. The lowest BCUT2D eigenvalue weighted by atomic mass is 10.1. The zero-order valence-electron chi connectivity index (χ0n) is 13.3. The van der Waals surface area contributed by atoms with Gasteiger partial charge in [0.25, 0.3) is 0 Å². The summed E-state index contributed by atoms with van der Waals surface area (Å²) < 4.78 is 0. The molecule has 25 heavy (non-hydrogen) atoms. The van der Waals surface area contributed by atoms with Crippen molar-refractivity contribution < 1.29 is 10.2 Å². The van der Waals surface area contributed by atoms with E-state index >= 15 is 0 Å². The Hall–Kier alpha value is -3.53. The zero-order valence-corrected chi connectivity index (χ0v) is 13.3. The summed E-state index contributed by atoms with van der Waals surface area (Å²) in [5.74, 6) is 0.457. The van der Waals surface area contributed by atoms with Crippen LogP contribution in [0.15, 0.2) is 83.5 Å². The number of aromatic nitrogens is 1. The van der Waals surface area contributed by atoms with Crippen LogP contribution in [0.25, 0.3) is 17.3 Å². The van der Waals surface area contributed by atoms with Crippen LogP contribution in [-0.2, 0) is 0 Å². The molecule has 0 aliphatic carbocycles. The standard InChI is InChI=1S/C21H16N2O2/c24-20-7-3-1-5-16(20)18-11-9-14(22-18)13-15-10-12-19(23-15)17-6-2-4-8-21(17)25/h1-13,22,24-25H/b15-13-. The number of aromatic amines is 1. The Morgan fingerprint density at radius 3 is 2.16 bits per heavy atom. The first-order chi connectivity index (χ1) is 12.2. The minimum absolute atomic E-state index is 0.217. The van der Waals surface area contributed by atoms with Crippen LogP contribution in [0, 0.1) is 0 Å². The first-order valence-electron chi connectivity index (χ1n) is 7.95. The lowest BCUT2D eigenvalue weighted by Gasteiger charge is -2.01. The second-order valence-electron chi connectivity index (χ2n) is 5.76. The fourth-order valence-electron chi connectivity index (χ4n) is 2.81. The number of phenols is 2. The van der Waals surface area contributed by atoms with E-state index in [4.69, 9.17) is 0 Å². The van der Waals surface area contributed by atoms with Crippen molar-refractivity contribution >= 4 is 11.8 Å². The summed E-state index contributed by atoms with van der Waals surface area (Å²) in [5, 5.41) is 19.9. The van der Waals surface area contributed by atoms with Crippen LogP contribution in [0.4, 0.5) is 0 Å². The van der Waals surface area contributed by atoms with E-state index in [2.05, 4.69) is 9.98 Å². The number of nitrogens with zero attached hydrogens (tertiary/aromatic N) is 1. The number of hydrogen-bond donors (Lipinski definition) is 3. The van der Waals surface area contributed by atoms with Gasteiger partial charge in [0.1, 0.15) is 11.5 Å². The molecule has 122 valence electrons. The number of allylic oxidation sites excluding steroid dienone is 2. The highest BCUT2D eigenvalue weighted by molar-refractivity contribution is 6.13. The van der Waals surface area contributed by atoms with Crippen molar-refractivity contribution in [2.45, 2.75) is 0 Å². The van der Waals surface area contributed by atoms with Crippen LogP contribution in [0.3, 0.4) is 0 Å². The number of rotatable bonds is 3. The second-order valence-corrected chi connectivity index (χ2v) is 5.76. The molecule has 2 heterocycles. The fourth-order valence-corrected chi connectivity index (χ4v) is 2.81. The van der Waals surface area contributed by atoms with Crippen molar-refractivity contribution in [2.75, 3.05) is 0 Å². The smallest absolute Gasteiger partial charge is 0.124 e. The highest BCUT2D eigenvalue weighted by atomic mass is 16.3. The summed E-state index contributed by atoms with van der Waals surface area (Å²) in [7, 11) is 0. The van der Waals surface area contributed by atoms with E-state index in [1.807, 2.05) is 54.6 Å². The van der Waals surface area contributed by atoms with Gasteiger partial charge in [0, 0.05) is 22.5 Å². The van der Waals surface area contributed by atoms with E-state index < -0.39 is 0 Å². The van der Waals surface area contributed by atoms with Gasteiger partial charge in [-0.05, 0) is 54.6 Å². The topological polar surface area (TPSA) is 68.6 Å². The molecule has 4 heteroatoms. The van der Waals surface area contributed by atoms with Gasteiger partial charge in [0.2, 0.25) is 0 Å². The number of phenolic OH excluding ortho intramolecular Hbond substituents is 2. The quantitative estimate of drug-likeness (QED) is 0.663. The van der Waals surface area contributed by atoms with Crippen LogP contribution < -0.4 is 0 Å². The summed E-state index contributed by atoms with van der Waals surface area (Å²) in [6.45, 7) is 0. The van der Waals surface area contributed by atoms with E-state index in [1.165, 1.54) is 0 Å². The fraction of sp³-hybridized carbons (Fsp3) is 0. The highest BCUT2D eigenvalue weighted by Gasteiger charge is 2.11. The van der Waals surface area contributed by atoms with Crippen molar-refractivity contribution in [3.63, 3.8) is 0 Å². The normalized spacial score (nSPS) is 14.9. The maximum Gasteiger partial charge on any atom is 0.124 e. The van der Waals surface area contributed by atoms with Gasteiger partial charge in [-0.3, -0.25) is 0 Å². The second kappa shape index (κ2) is 6.17. The van der Waals surface area contributed by atoms with Crippen molar-refractivity contribution in [1.82, 2.24) is 4.98 Å². The summed E-state index contributed by atoms with van der Waals surface area (Å²) in [6.07, 6.45) is 5.71. The van der Waals surface area contributed by atoms with E-state index in [-0.39, 0.29) is 11.5 Å². The molecular formula is C21H16N2O2. The Balaban J connectivity index is 1.62.